The summed E-state index contributed by atoms with van der Waals surface area (Å²) in [6.45, 7) is 9.26. The van der Waals surface area contributed by atoms with Crippen LogP contribution in [0.4, 0.5) is 0 Å². The fourth-order valence-corrected chi connectivity index (χ4v) is 2.13. The molecule has 16 heavy (non-hydrogen) atoms. The largest absolute Gasteiger partial charge is 0.0837 e. The van der Waals surface area contributed by atoms with Crippen LogP contribution in [0.25, 0.3) is 6.08 Å². The molecule has 88 valence electrons. The molecule has 1 rings (SSSR count). The number of hydrogen-bond acceptors (Lipinski definition) is 0. The fourth-order valence-electron chi connectivity index (χ4n) is 2.13. The predicted octanol–water partition coefficient (Wildman–Crippen LogP) is 5.16. The highest BCUT2D eigenvalue weighted by atomic mass is 14.2. The molecule has 0 nitrogen and oxygen atoms in total. The molecule has 0 aliphatic rings. The van der Waals surface area contributed by atoms with Gasteiger partial charge in [0, 0.05) is 0 Å². The molecule has 1 aromatic carbocycles. The van der Waals surface area contributed by atoms with Gasteiger partial charge in [0.25, 0.3) is 0 Å². The first-order chi connectivity index (χ1) is 7.47. The van der Waals surface area contributed by atoms with Gasteiger partial charge in [0.1, 0.15) is 0 Å². The van der Waals surface area contributed by atoms with Crippen LogP contribution >= 0.6 is 0 Å². The Labute approximate surface area is 100 Å². The van der Waals surface area contributed by atoms with Gasteiger partial charge in [0.15, 0.2) is 0 Å². The number of allylic oxidation sites excluding steroid dienone is 1. The number of hydrogen-bond donors (Lipinski definition) is 0. The molecule has 1 unspecified atom stereocenters. The average molecular weight is 216 g/mol. The van der Waals surface area contributed by atoms with Gasteiger partial charge in [-0.05, 0) is 29.7 Å². The SMILES string of the molecule is CC(CC=Cc1ccccc1)CC(C)(C)C. The van der Waals surface area contributed by atoms with Crippen LogP contribution in [0.3, 0.4) is 0 Å². The highest BCUT2D eigenvalue weighted by Gasteiger charge is 2.13. The van der Waals surface area contributed by atoms with Crippen molar-refractivity contribution in [1.82, 2.24) is 0 Å². The summed E-state index contributed by atoms with van der Waals surface area (Å²) in [4.78, 5) is 0. The monoisotopic (exact) mass is 216 g/mol. The van der Waals surface area contributed by atoms with Crippen molar-refractivity contribution < 1.29 is 0 Å². The second-order valence-corrected chi connectivity index (χ2v) is 5.92. The van der Waals surface area contributed by atoms with Crippen LogP contribution in [0.5, 0.6) is 0 Å². The lowest BCUT2D eigenvalue weighted by atomic mass is 9.84. The minimum atomic E-state index is 0.444. The number of benzene rings is 1. The Morgan fingerprint density at radius 3 is 2.31 bits per heavy atom. The van der Waals surface area contributed by atoms with Gasteiger partial charge in [-0.3, -0.25) is 0 Å². The molecule has 0 spiro atoms. The lowest BCUT2D eigenvalue weighted by Crippen LogP contribution is -2.10. The lowest BCUT2D eigenvalue weighted by molar-refractivity contribution is 0.308. The Bertz CT molecular complexity index is 314. The molecular formula is C16H24. The third-order valence-electron chi connectivity index (χ3n) is 2.61. The molecule has 0 radical (unpaired) electrons. The number of rotatable bonds is 4. The van der Waals surface area contributed by atoms with E-state index < -0.39 is 0 Å². The van der Waals surface area contributed by atoms with E-state index in [1.165, 1.54) is 18.4 Å². The maximum Gasteiger partial charge on any atom is -0.0260 e. The minimum absolute atomic E-state index is 0.444. The molecule has 0 aliphatic carbocycles. The van der Waals surface area contributed by atoms with Gasteiger partial charge in [-0.2, -0.15) is 0 Å². The van der Waals surface area contributed by atoms with E-state index in [1.54, 1.807) is 0 Å². The molecule has 1 aromatic rings. The summed E-state index contributed by atoms with van der Waals surface area (Å²) in [7, 11) is 0. The summed E-state index contributed by atoms with van der Waals surface area (Å²) in [5.74, 6) is 0.764. The molecule has 0 aliphatic heterocycles. The van der Waals surface area contributed by atoms with Crippen molar-refractivity contribution in [1.29, 1.82) is 0 Å². The van der Waals surface area contributed by atoms with E-state index in [4.69, 9.17) is 0 Å². The van der Waals surface area contributed by atoms with E-state index >= 15 is 0 Å². The van der Waals surface area contributed by atoms with E-state index in [0.29, 0.717) is 5.41 Å². The Balaban J connectivity index is 2.37. The van der Waals surface area contributed by atoms with E-state index in [9.17, 15) is 0 Å². The molecule has 0 fully saturated rings. The minimum Gasteiger partial charge on any atom is -0.0837 e. The molecule has 0 saturated heterocycles. The smallest absolute Gasteiger partial charge is 0.0260 e. The van der Waals surface area contributed by atoms with Crippen LogP contribution in [-0.4, -0.2) is 0 Å². The standard InChI is InChI=1S/C16H24/c1-14(13-16(2,3)4)9-8-12-15-10-6-5-7-11-15/h5-8,10-12,14H,9,13H2,1-4H3. The summed E-state index contributed by atoms with van der Waals surface area (Å²) >= 11 is 0. The van der Waals surface area contributed by atoms with Crippen LogP contribution in [0, 0.1) is 11.3 Å². The van der Waals surface area contributed by atoms with E-state index in [1.807, 2.05) is 0 Å². The zero-order valence-corrected chi connectivity index (χ0v) is 11.0. The van der Waals surface area contributed by atoms with Crippen LogP contribution in [0.1, 0.15) is 46.1 Å². The van der Waals surface area contributed by atoms with E-state index in [0.717, 1.165) is 5.92 Å². The fraction of sp³-hybridized carbons (Fsp3) is 0.500. The van der Waals surface area contributed by atoms with Crippen molar-refractivity contribution in [2.45, 2.75) is 40.5 Å². The van der Waals surface area contributed by atoms with Crippen LogP contribution in [0.2, 0.25) is 0 Å². The van der Waals surface area contributed by atoms with Crippen molar-refractivity contribution in [3.8, 4) is 0 Å². The van der Waals surface area contributed by atoms with Gasteiger partial charge in [-0.25, -0.2) is 0 Å². The Kier molecular flexibility index (Phi) is 4.79. The van der Waals surface area contributed by atoms with Crippen LogP contribution in [0.15, 0.2) is 36.4 Å². The quantitative estimate of drug-likeness (QED) is 0.652. The van der Waals surface area contributed by atoms with E-state index in [-0.39, 0.29) is 0 Å². The van der Waals surface area contributed by atoms with Crippen molar-refractivity contribution in [3.63, 3.8) is 0 Å². The maximum absolute atomic E-state index is 2.33. The van der Waals surface area contributed by atoms with E-state index in [2.05, 4.69) is 70.2 Å². The van der Waals surface area contributed by atoms with Gasteiger partial charge < -0.3 is 0 Å². The van der Waals surface area contributed by atoms with Crippen LogP contribution < -0.4 is 0 Å². The second-order valence-electron chi connectivity index (χ2n) is 5.92. The summed E-state index contributed by atoms with van der Waals surface area (Å²) < 4.78 is 0. The first-order valence-electron chi connectivity index (χ1n) is 6.19. The molecule has 0 heteroatoms. The van der Waals surface area contributed by atoms with Crippen molar-refractivity contribution >= 4 is 6.08 Å². The normalized spacial score (nSPS) is 14.2. The van der Waals surface area contributed by atoms with Crippen LogP contribution in [-0.2, 0) is 0 Å². The molecule has 0 saturated carbocycles. The van der Waals surface area contributed by atoms with Gasteiger partial charge in [-0.1, -0.05) is 70.2 Å². The molecule has 1 atom stereocenters. The topological polar surface area (TPSA) is 0 Å². The first-order valence-corrected chi connectivity index (χ1v) is 6.19. The van der Waals surface area contributed by atoms with Crippen molar-refractivity contribution in [2.75, 3.05) is 0 Å². The maximum atomic E-state index is 2.33. The summed E-state index contributed by atoms with van der Waals surface area (Å²) in [6.07, 6.45) is 6.98. The summed E-state index contributed by atoms with van der Waals surface area (Å²) in [5.41, 5.74) is 1.74. The molecule has 0 amide bonds. The zero-order valence-electron chi connectivity index (χ0n) is 11.0. The van der Waals surface area contributed by atoms with Gasteiger partial charge in [-0.15, -0.1) is 0 Å². The van der Waals surface area contributed by atoms with Gasteiger partial charge in [0.05, 0.1) is 0 Å². The van der Waals surface area contributed by atoms with Crippen molar-refractivity contribution in [3.05, 3.63) is 42.0 Å². The molecule has 0 heterocycles. The first kappa shape index (κ1) is 13.0. The Morgan fingerprint density at radius 2 is 1.75 bits per heavy atom. The summed E-state index contributed by atoms with van der Waals surface area (Å²) in [6, 6.07) is 10.5. The highest BCUT2D eigenvalue weighted by Crippen LogP contribution is 2.26. The Morgan fingerprint density at radius 1 is 1.12 bits per heavy atom. The molecular weight excluding hydrogens is 192 g/mol. The molecule has 0 aromatic heterocycles. The highest BCUT2D eigenvalue weighted by molar-refractivity contribution is 5.48. The van der Waals surface area contributed by atoms with Crippen molar-refractivity contribution in [2.24, 2.45) is 11.3 Å². The third-order valence-corrected chi connectivity index (χ3v) is 2.61. The Hall–Kier alpha value is -1.04. The predicted molar refractivity (Wildman–Crippen MR) is 73.3 cm³/mol. The third kappa shape index (κ3) is 5.75. The summed E-state index contributed by atoms with van der Waals surface area (Å²) in [5, 5.41) is 0. The molecule has 0 bridgehead atoms. The molecule has 0 N–H and O–H groups in total. The van der Waals surface area contributed by atoms with Gasteiger partial charge >= 0.3 is 0 Å². The zero-order chi connectivity index (χ0) is 12.0. The second kappa shape index (κ2) is 5.89. The van der Waals surface area contributed by atoms with Gasteiger partial charge in [0.2, 0.25) is 0 Å². The lowest BCUT2D eigenvalue weighted by Gasteiger charge is -2.22. The average Bonchev–Trinajstić information content (AvgIpc) is 2.16.